The maximum absolute atomic E-state index is 13.3. The summed E-state index contributed by atoms with van der Waals surface area (Å²) in [6.45, 7) is 6.60. The van der Waals surface area contributed by atoms with Crippen LogP contribution in [0.2, 0.25) is 0 Å². The van der Waals surface area contributed by atoms with Gasteiger partial charge in [0.15, 0.2) is 0 Å². The lowest BCUT2D eigenvalue weighted by molar-refractivity contribution is 0.0819. The van der Waals surface area contributed by atoms with E-state index in [0.29, 0.717) is 13.1 Å². The van der Waals surface area contributed by atoms with Crippen molar-refractivity contribution in [3.8, 4) is 0 Å². The number of hydrogen-bond acceptors (Lipinski definition) is 2. The van der Waals surface area contributed by atoms with Gasteiger partial charge in [0, 0.05) is 31.1 Å². The standard InChI is InChI=1S/C10H19FN2O2/c1-10(2,3)13(9(14)15)6-7-4-12-5-8(7)11/h7-8,12H,4-6H2,1-3H3,(H,14,15)/t7-,8-/m1/s1. The fourth-order valence-corrected chi connectivity index (χ4v) is 1.75. The van der Waals surface area contributed by atoms with Crippen molar-refractivity contribution in [2.45, 2.75) is 32.5 Å². The second-order valence-corrected chi connectivity index (χ2v) is 5.00. The molecule has 1 saturated heterocycles. The highest BCUT2D eigenvalue weighted by molar-refractivity contribution is 5.66. The number of carbonyl (C=O) groups is 1. The van der Waals surface area contributed by atoms with E-state index >= 15 is 0 Å². The van der Waals surface area contributed by atoms with Gasteiger partial charge in [0.2, 0.25) is 0 Å². The largest absolute Gasteiger partial charge is 0.465 e. The van der Waals surface area contributed by atoms with E-state index in [1.807, 2.05) is 20.8 Å². The van der Waals surface area contributed by atoms with Gasteiger partial charge in [0.25, 0.3) is 0 Å². The van der Waals surface area contributed by atoms with Crippen molar-refractivity contribution >= 4 is 6.09 Å². The molecule has 4 nitrogen and oxygen atoms in total. The van der Waals surface area contributed by atoms with E-state index in [1.165, 1.54) is 4.90 Å². The third kappa shape index (κ3) is 3.06. The van der Waals surface area contributed by atoms with Crippen LogP contribution >= 0.6 is 0 Å². The molecule has 2 N–H and O–H groups in total. The minimum Gasteiger partial charge on any atom is -0.465 e. The molecule has 0 unspecified atom stereocenters. The highest BCUT2D eigenvalue weighted by atomic mass is 19.1. The number of carboxylic acid groups (broad SMARTS) is 1. The molecule has 0 aliphatic carbocycles. The van der Waals surface area contributed by atoms with Crippen molar-refractivity contribution in [1.82, 2.24) is 10.2 Å². The maximum atomic E-state index is 13.3. The van der Waals surface area contributed by atoms with Gasteiger partial charge in [-0.3, -0.25) is 0 Å². The van der Waals surface area contributed by atoms with Crippen LogP contribution < -0.4 is 5.32 Å². The predicted molar refractivity (Wildman–Crippen MR) is 55.7 cm³/mol. The Kier molecular flexibility index (Phi) is 3.54. The molecular formula is C10H19FN2O2. The monoisotopic (exact) mass is 218 g/mol. The SMILES string of the molecule is CC(C)(C)N(C[C@H]1CNC[C@H]1F)C(=O)O. The molecule has 1 rings (SSSR count). The van der Waals surface area contributed by atoms with E-state index in [9.17, 15) is 9.18 Å². The van der Waals surface area contributed by atoms with Gasteiger partial charge < -0.3 is 15.3 Å². The molecule has 0 spiro atoms. The van der Waals surface area contributed by atoms with Crippen molar-refractivity contribution in [2.75, 3.05) is 19.6 Å². The van der Waals surface area contributed by atoms with Gasteiger partial charge >= 0.3 is 6.09 Å². The zero-order valence-electron chi connectivity index (χ0n) is 9.46. The van der Waals surface area contributed by atoms with E-state index in [4.69, 9.17) is 5.11 Å². The molecule has 0 radical (unpaired) electrons. The van der Waals surface area contributed by atoms with Crippen molar-refractivity contribution < 1.29 is 14.3 Å². The normalized spacial score (nSPS) is 26.7. The Morgan fingerprint density at radius 3 is 2.47 bits per heavy atom. The van der Waals surface area contributed by atoms with Gasteiger partial charge in [0.1, 0.15) is 6.17 Å². The maximum Gasteiger partial charge on any atom is 0.407 e. The van der Waals surface area contributed by atoms with Crippen molar-refractivity contribution in [3.05, 3.63) is 0 Å². The molecule has 2 atom stereocenters. The van der Waals surface area contributed by atoms with E-state index < -0.39 is 17.8 Å². The highest BCUT2D eigenvalue weighted by Crippen LogP contribution is 2.20. The van der Waals surface area contributed by atoms with Crippen LogP contribution in [-0.2, 0) is 0 Å². The quantitative estimate of drug-likeness (QED) is 0.735. The Balaban J connectivity index is 2.63. The van der Waals surface area contributed by atoms with Crippen LogP contribution in [0.15, 0.2) is 0 Å². The van der Waals surface area contributed by atoms with Crippen molar-refractivity contribution in [2.24, 2.45) is 5.92 Å². The minimum atomic E-state index is -0.985. The summed E-state index contributed by atoms with van der Waals surface area (Å²) in [7, 11) is 0. The van der Waals surface area contributed by atoms with Crippen molar-refractivity contribution in [3.63, 3.8) is 0 Å². The molecule has 88 valence electrons. The lowest BCUT2D eigenvalue weighted by Gasteiger charge is -2.35. The molecule has 0 aromatic heterocycles. The Morgan fingerprint density at radius 1 is 1.53 bits per heavy atom. The van der Waals surface area contributed by atoms with E-state index in [1.54, 1.807) is 0 Å². The van der Waals surface area contributed by atoms with Gasteiger partial charge in [-0.05, 0) is 20.8 Å². The molecule has 15 heavy (non-hydrogen) atoms. The summed E-state index contributed by atoms with van der Waals surface area (Å²) in [6, 6.07) is 0. The molecule has 1 amide bonds. The summed E-state index contributed by atoms with van der Waals surface area (Å²) in [5, 5.41) is 12.0. The molecule has 0 aromatic rings. The van der Waals surface area contributed by atoms with Gasteiger partial charge in [-0.25, -0.2) is 9.18 Å². The zero-order chi connectivity index (χ0) is 11.6. The number of hydrogen-bond donors (Lipinski definition) is 2. The third-order valence-corrected chi connectivity index (χ3v) is 2.72. The molecule has 0 bridgehead atoms. The van der Waals surface area contributed by atoms with E-state index in [-0.39, 0.29) is 12.5 Å². The van der Waals surface area contributed by atoms with Gasteiger partial charge in [-0.15, -0.1) is 0 Å². The Bertz CT molecular complexity index is 240. The fraction of sp³-hybridized carbons (Fsp3) is 0.900. The van der Waals surface area contributed by atoms with Crippen LogP contribution in [-0.4, -0.2) is 47.4 Å². The predicted octanol–water partition coefficient (Wildman–Crippen LogP) is 1.32. The lowest BCUT2D eigenvalue weighted by atomic mass is 10.0. The zero-order valence-corrected chi connectivity index (χ0v) is 9.46. The number of rotatable bonds is 2. The summed E-state index contributed by atoms with van der Waals surface area (Å²) in [5.74, 6) is -0.222. The Labute approximate surface area is 89.4 Å². The number of nitrogens with one attached hydrogen (secondary N) is 1. The van der Waals surface area contributed by atoms with Crippen LogP contribution in [0.3, 0.4) is 0 Å². The highest BCUT2D eigenvalue weighted by Gasteiger charge is 2.34. The molecule has 0 saturated carbocycles. The van der Waals surface area contributed by atoms with Crippen LogP contribution in [0, 0.1) is 5.92 Å². The summed E-state index contributed by atoms with van der Waals surface area (Å²) in [5.41, 5.74) is -0.478. The molecular weight excluding hydrogens is 199 g/mol. The number of alkyl halides is 1. The van der Waals surface area contributed by atoms with Crippen LogP contribution in [0.1, 0.15) is 20.8 Å². The summed E-state index contributed by atoms with van der Waals surface area (Å²) in [6.07, 6.45) is -1.92. The fourth-order valence-electron chi connectivity index (χ4n) is 1.75. The van der Waals surface area contributed by atoms with Crippen LogP contribution in [0.5, 0.6) is 0 Å². The first-order valence-electron chi connectivity index (χ1n) is 5.17. The average Bonchev–Trinajstić information content (AvgIpc) is 2.44. The molecule has 0 aromatic carbocycles. The molecule has 1 aliphatic rings. The minimum absolute atomic E-state index is 0.222. The van der Waals surface area contributed by atoms with Crippen molar-refractivity contribution in [1.29, 1.82) is 0 Å². The van der Waals surface area contributed by atoms with Crippen LogP contribution in [0.4, 0.5) is 9.18 Å². The van der Waals surface area contributed by atoms with Gasteiger partial charge in [0.05, 0.1) is 0 Å². The molecule has 1 heterocycles. The molecule has 1 fully saturated rings. The Morgan fingerprint density at radius 2 is 2.13 bits per heavy atom. The molecule has 1 aliphatic heterocycles. The second-order valence-electron chi connectivity index (χ2n) is 5.00. The number of amides is 1. The topological polar surface area (TPSA) is 52.6 Å². The first kappa shape index (κ1) is 12.2. The first-order valence-corrected chi connectivity index (χ1v) is 5.17. The van der Waals surface area contributed by atoms with Gasteiger partial charge in [-0.1, -0.05) is 0 Å². The second kappa shape index (κ2) is 4.35. The molecule has 5 heteroatoms. The van der Waals surface area contributed by atoms with Gasteiger partial charge in [-0.2, -0.15) is 0 Å². The van der Waals surface area contributed by atoms with E-state index in [2.05, 4.69) is 5.32 Å². The average molecular weight is 218 g/mol. The van der Waals surface area contributed by atoms with Crippen LogP contribution in [0.25, 0.3) is 0 Å². The number of nitrogens with zero attached hydrogens (tertiary/aromatic N) is 1. The third-order valence-electron chi connectivity index (χ3n) is 2.72. The number of halogens is 1. The van der Waals surface area contributed by atoms with E-state index in [0.717, 1.165) is 0 Å². The lowest BCUT2D eigenvalue weighted by Crippen LogP contribution is -2.48. The smallest absolute Gasteiger partial charge is 0.407 e. The Hall–Kier alpha value is -0.840. The summed E-state index contributed by atoms with van der Waals surface area (Å²) in [4.78, 5) is 12.3. The summed E-state index contributed by atoms with van der Waals surface area (Å²) < 4.78 is 13.3. The summed E-state index contributed by atoms with van der Waals surface area (Å²) >= 11 is 0. The first-order chi connectivity index (χ1) is 6.82.